The lowest BCUT2D eigenvalue weighted by molar-refractivity contribution is -0.185. The average Bonchev–Trinajstić information content (AvgIpc) is 2.66. The molecule has 0 unspecified atom stereocenters. The predicted octanol–water partition coefficient (Wildman–Crippen LogP) is 5.20. The van der Waals surface area contributed by atoms with Crippen molar-refractivity contribution in [3.63, 3.8) is 0 Å². The molecule has 1 aromatic rings. The molecule has 0 radical (unpaired) electrons. The van der Waals surface area contributed by atoms with E-state index in [0.717, 1.165) is 19.2 Å². The van der Waals surface area contributed by atoms with E-state index in [9.17, 15) is 18.4 Å². The summed E-state index contributed by atoms with van der Waals surface area (Å²) in [5.41, 5.74) is -1.52. The van der Waals surface area contributed by atoms with Crippen molar-refractivity contribution in [3.8, 4) is 0 Å². The van der Waals surface area contributed by atoms with Crippen molar-refractivity contribution < 1.29 is 27.8 Å². The van der Waals surface area contributed by atoms with Crippen molar-refractivity contribution in [2.75, 3.05) is 25.6 Å². The zero-order valence-electron chi connectivity index (χ0n) is 18.0. The van der Waals surface area contributed by atoms with Crippen LogP contribution in [0.15, 0.2) is 18.2 Å². The van der Waals surface area contributed by atoms with Gasteiger partial charge in [-0.25, -0.2) is 8.78 Å². The number of halogens is 2. The monoisotopic (exact) mass is 391 g/mol. The first kappa shape index (κ1) is 29.7. The number of methoxy groups -OCH3 is 1. The van der Waals surface area contributed by atoms with E-state index >= 15 is 0 Å². The quantitative estimate of drug-likeness (QED) is 0.568. The summed E-state index contributed by atoms with van der Waals surface area (Å²) < 4.78 is 35.4. The maximum atomic E-state index is 13.0. The molecule has 0 atom stereocenters. The van der Waals surface area contributed by atoms with E-state index < -0.39 is 28.9 Å². The molecule has 1 N–H and O–H groups in total. The van der Waals surface area contributed by atoms with Gasteiger partial charge in [0.05, 0.1) is 20.3 Å². The molecule has 158 valence electrons. The van der Waals surface area contributed by atoms with E-state index in [1.54, 1.807) is 0 Å². The topological polar surface area (TPSA) is 64.6 Å². The highest BCUT2D eigenvalue weighted by Gasteiger charge is 2.54. The molecule has 1 aromatic carbocycles. The molecule has 1 aliphatic rings. The summed E-state index contributed by atoms with van der Waals surface area (Å²) in [5, 5.41) is 2.28. The number of carbonyl (C=O) groups excluding carboxylic acids is 2. The molecule has 0 bridgehead atoms. The SMILES string of the molecule is CC.CC.CC.CC.COC(=O)C1(C(=O)Nc2cc(F)cc(F)c2)COC1. The Balaban J connectivity index is -0.000000638. The van der Waals surface area contributed by atoms with Gasteiger partial charge in [-0.3, -0.25) is 9.59 Å². The fourth-order valence-electron chi connectivity index (χ4n) is 1.72. The third-order valence-corrected chi connectivity index (χ3v) is 2.83. The van der Waals surface area contributed by atoms with E-state index in [1.807, 2.05) is 55.4 Å². The van der Waals surface area contributed by atoms with Gasteiger partial charge in [-0.2, -0.15) is 0 Å². The minimum Gasteiger partial charge on any atom is -0.468 e. The summed E-state index contributed by atoms with van der Waals surface area (Å²) >= 11 is 0. The van der Waals surface area contributed by atoms with Crippen LogP contribution in [0.25, 0.3) is 0 Å². The van der Waals surface area contributed by atoms with Crippen LogP contribution < -0.4 is 5.32 Å². The number of hydrogen-bond acceptors (Lipinski definition) is 4. The van der Waals surface area contributed by atoms with Crippen LogP contribution in [0, 0.1) is 17.0 Å². The minimum atomic E-state index is -1.45. The van der Waals surface area contributed by atoms with E-state index in [-0.39, 0.29) is 18.9 Å². The average molecular weight is 391 g/mol. The summed E-state index contributed by atoms with van der Waals surface area (Å²) in [6, 6.07) is 2.58. The van der Waals surface area contributed by atoms with Crippen LogP contribution in [0.2, 0.25) is 0 Å². The zero-order chi connectivity index (χ0) is 22.0. The molecule has 1 fully saturated rings. The first-order valence-corrected chi connectivity index (χ1v) is 9.42. The fraction of sp³-hybridized carbons (Fsp3) is 0.600. The molecule has 1 saturated heterocycles. The predicted molar refractivity (Wildman–Crippen MR) is 106 cm³/mol. The molecule has 0 aliphatic carbocycles. The second kappa shape index (κ2) is 17.4. The number of benzene rings is 1. The van der Waals surface area contributed by atoms with Gasteiger partial charge < -0.3 is 14.8 Å². The van der Waals surface area contributed by atoms with Gasteiger partial charge in [-0.05, 0) is 12.1 Å². The Morgan fingerprint density at radius 1 is 0.926 bits per heavy atom. The third kappa shape index (κ3) is 8.95. The molecule has 7 heteroatoms. The fourth-order valence-corrected chi connectivity index (χ4v) is 1.72. The second-order valence-corrected chi connectivity index (χ2v) is 4.18. The summed E-state index contributed by atoms with van der Waals surface area (Å²) in [4.78, 5) is 23.6. The standard InChI is InChI=1S/C12H11F2NO4.4C2H6/c1-18-11(17)12(5-19-6-12)10(16)15-9-3-7(13)2-8(14)4-9;4*1-2/h2-4H,5-6H2,1H3,(H,15,16);4*1-2H3. The summed E-state index contributed by atoms with van der Waals surface area (Å²) in [5.74, 6) is -3.11. The maximum Gasteiger partial charge on any atom is 0.326 e. The third-order valence-electron chi connectivity index (χ3n) is 2.83. The number of esters is 1. The number of amides is 1. The second-order valence-electron chi connectivity index (χ2n) is 4.18. The Bertz CT molecular complexity index is 512. The Morgan fingerprint density at radius 3 is 1.63 bits per heavy atom. The van der Waals surface area contributed by atoms with Crippen molar-refractivity contribution >= 4 is 17.6 Å². The molecular formula is C20H35F2NO4. The Morgan fingerprint density at radius 2 is 1.33 bits per heavy atom. The number of hydrogen-bond donors (Lipinski definition) is 1. The first-order chi connectivity index (χ1) is 13.0. The number of nitrogens with one attached hydrogen (secondary N) is 1. The number of anilines is 1. The lowest BCUT2D eigenvalue weighted by atomic mass is 9.85. The van der Waals surface area contributed by atoms with Crippen LogP contribution in [0.4, 0.5) is 14.5 Å². The molecule has 2 rings (SSSR count). The molecule has 0 saturated carbocycles. The van der Waals surface area contributed by atoms with E-state index in [1.165, 1.54) is 0 Å². The van der Waals surface area contributed by atoms with Crippen LogP contribution in [-0.2, 0) is 19.1 Å². The summed E-state index contributed by atoms with van der Waals surface area (Å²) in [6.07, 6.45) is 0. The van der Waals surface area contributed by atoms with Crippen LogP contribution in [0.1, 0.15) is 55.4 Å². The van der Waals surface area contributed by atoms with E-state index in [0.29, 0.717) is 6.07 Å². The van der Waals surface area contributed by atoms with Gasteiger partial charge in [0.25, 0.3) is 0 Å². The van der Waals surface area contributed by atoms with Crippen molar-refractivity contribution in [1.29, 1.82) is 0 Å². The van der Waals surface area contributed by atoms with Crippen molar-refractivity contribution in [3.05, 3.63) is 29.8 Å². The largest absolute Gasteiger partial charge is 0.468 e. The van der Waals surface area contributed by atoms with Gasteiger partial charge in [0.15, 0.2) is 5.41 Å². The normalized spacial score (nSPS) is 12.4. The van der Waals surface area contributed by atoms with Gasteiger partial charge in [0.1, 0.15) is 11.6 Å². The summed E-state index contributed by atoms with van der Waals surface area (Å²) in [7, 11) is 1.15. The molecule has 27 heavy (non-hydrogen) atoms. The number of ether oxygens (including phenoxy) is 2. The van der Waals surface area contributed by atoms with Crippen LogP contribution in [-0.4, -0.2) is 32.2 Å². The highest BCUT2D eigenvalue weighted by Crippen LogP contribution is 2.31. The van der Waals surface area contributed by atoms with Crippen LogP contribution in [0.5, 0.6) is 0 Å². The van der Waals surface area contributed by atoms with Gasteiger partial charge in [-0.1, -0.05) is 55.4 Å². The van der Waals surface area contributed by atoms with Gasteiger partial charge >= 0.3 is 5.97 Å². The lowest BCUT2D eigenvalue weighted by Gasteiger charge is -2.36. The number of rotatable bonds is 3. The van der Waals surface area contributed by atoms with Crippen LogP contribution in [0.3, 0.4) is 0 Å². The van der Waals surface area contributed by atoms with Gasteiger partial charge in [-0.15, -0.1) is 0 Å². The Labute approximate surface area is 162 Å². The van der Waals surface area contributed by atoms with E-state index in [2.05, 4.69) is 10.1 Å². The smallest absolute Gasteiger partial charge is 0.326 e. The zero-order valence-corrected chi connectivity index (χ0v) is 18.0. The van der Waals surface area contributed by atoms with Crippen molar-refractivity contribution in [1.82, 2.24) is 0 Å². The Kier molecular flexibility index (Phi) is 19.2. The number of carbonyl (C=O) groups is 2. The van der Waals surface area contributed by atoms with Gasteiger partial charge in [0, 0.05) is 11.8 Å². The lowest BCUT2D eigenvalue weighted by Crippen LogP contribution is -2.57. The first-order valence-electron chi connectivity index (χ1n) is 9.42. The molecule has 0 aromatic heterocycles. The minimum absolute atomic E-state index is 0.0716. The van der Waals surface area contributed by atoms with E-state index in [4.69, 9.17) is 4.74 Å². The van der Waals surface area contributed by atoms with Crippen molar-refractivity contribution in [2.45, 2.75) is 55.4 Å². The molecular weight excluding hydrogens is 356 g/mol. The maximum absolute atomic E-state index is 13.0. The van der Waals surface area contributed by atoms with Crippen molar-refractivity contribution in [2.24, 2.45) is 5.41 Å². The van der Waals surface area contributed by atoms with Gasteiger partial charge in [0.2, 0.25) is 5.91 Å². The molecule has 1 amide bonds. The highest BCUT2D eigenvalue weighted by molar-refractivity contribution is 6.09. The molecule has 5 nitrogen and oxygen atoms in total. The summed E-state index contributed by atoms with van der Waals surface area (Å²) in [6.45, 7) is 15.8. The van der Waals surface area contributed by atoms with Crippen LogP contribution >= 0.6 is 0 Å². The molecule has 1 aliphatic heterocycles. The molecule has 0 spiro atoms. The highest BCUT2D eigenvalue weighted by atomic mass is 19.1. The Hall–Kier alpha value is -2.02. The molecule has 1 heterocycles.